The molecule has 4 aromatic carbocycles. The van der Waals surface area contributed by atoms with Gasteiger partial charge in [0.1, 0.15) is 34.9 Å². The molecule has 0 saturated carbocycles. The predicted octanol–water partition coefficient (Wildman–Crippen LogP) is 5.36. The van der Waals surface area contributed by atoms with E-state index in [-0.39, 0.29) is 34.5 Å². The van der Waals surface area contributed by atoms with Crippen LogP contribution in [0.3, 0.4) is 0 Å². The van der Waals surface area contributed by atoms with Gasteiger partial charge < -0.3 is 35.4 Å². The molecule has 7 nitrogen and oxygen atoms in total. The molecule has 176 valence electrons. The zero-order valence-electron chi connectivity index (χ0n) is 18.3. The summed E-state index contributed by atoms with van der Waals surface area (Å²) in [6, 6.07) is 18.4. The Hall–Kier alpha value is -4.78. The summed E-state index contributed by atoms with van der Waals surface area (Å²) in [7, 11) is 0. The summed E-state index contributed by atoms with van der Waals surface area (Å²) >= 11 is 0. The molecule has 0 amide bonds. The van der Waals surface area contributed by atoms with Crippen molar-refractivity contribution in [2.75, 3.05) is 0 Å². The maximum Gasteiger partial charge on any atom is 0.157 e. The molecule has 1 aliphatic rings. The highest BCUT2D eigenvalue weighted by Crippen LogP contribution is 2.53. The number of phenolic OH excluding ortho intramolecular Hbond substituents is 6. The fourth-order valence-electron chi connectivity index (χ4n) is 4.45. The van der Waals surface area contributed by atoms with Crippen LogP contribution in [-0.2, 0) is 0 Å². The van der Waals surface area contributed by atoms with Crippen LogP contribution in [0.2, 0.25) is 0 Å². The van der Waals surface area contributed by atoms with E-state index in [9.17, 15) is 30.6 Å². The summed E-state index contributed by atoms with van der Waals surface area (Å²) in [6.45, 7) is 0. The quantitative estimate of drug-likeness (QED) is 0.175. The van der Waals surface area contributed by atoms with E-state index in [0.29, 0.717) is 28.0 Å². The average Bonchev–Trinajstić information content (AvgIpc) is 3.19. The van der Waals surface area contributed by atoms with Gasteiger partial charge in [0.05, 0.1) is 5.92 Å². The Labute approximate surface area is 200 Å². The highest BCUT2D eigenvalue weighted by Gasteiger charge is 2.39. The van der Waals surface area contributed by atoms with Crippen LogP contribution in [0, 0.1) is 0 Å². The lowest BCUT2D eigenvalue weighted by molar-refractivity contribution is 0.221. The second kappa shape index (κ2) is 8.53. The Morgan fingerprint density at radius 3 is 1.94 bits per heavy atom. The van der Waals surface area contributed by atoms with E-state index in [4.69, 9.17) is 4.74 Å². The molecule has 2 atom stereocenters. The lowest BCUT2D eigenvalue weighted by Gasteiger charge is -2.21. The SMILES string of the molecule is Oc1ccc(C=Cc2cc(O)cc3c2C(c2cc(O)cc(O)c2)C(c2ccc(O)c(O)c2)O3)cc1. The highest BCUT2D eigenvalue weighted by atomic mass is 16.5. The third kappa shape index (κ3) is 4.27. The smallest absolute Gasteiger partial charge is 0.157 e. The molecule has 7 heteroatoms. The van der Waals surface area contributed by atoms with Gasteiger partial charge in [0.15, 0.2) is 11.5 Å². The van der Waals surface area contributed by atoms with Crippen molar-refractivity contribution in [3.63, 3.8) is 0 Å². The van der Waals surface area contributed by atoms with Crippen molar-refractivity contribution in [3.8, 4) is 40.2 Å². The Bertz CT molecular complexity index is 1420. The first kappa shape index (κ1) is 22.0. The van der Waals surface area contributed by atoms with Gasteiger partial charge in [-0.1, -0.05) is 30.4 Å². The Morgan fingerprint density at radius 1 is 0.571 bits per heavy atom. The standard InChI is InChI=1S/C28H22O7/c29-19-6-2-15(3-7-19)1-4-16-9-22(32)14-25-26(16)27(18-10-20(30)13-21(31)11-18)28(35-25)17-5-8-23(33)24(34)12-17/h1-14,27-34H. The van der Waals surface area contributed by atoms with Crippen LogP contribution in [0.5, 0.6) is 40.2 Å². The molecule has 0 fully saturated rings. The molecular formula is C28H22O7. The first-order valence-corrected chi connectivity index (χ1v) is 10.8. The van der Waals surface area contributed by atoms with Gasteiger partial charge in [0.2, 0.25) is 0 Å². The minimum atomic E-state index is -0.694. The number of phenols is 6. The summed E-state index contributed by atoms with van der Waals surface area (Å²) < 4.78 is 6.24. The molecule has 1 heterocycles. The van der Waals surface area contributed by atoms with Crippen LogP contribution in [0.15, 0.2) is 72.8 Å². The molecule has 5 rings (SSSR count). The van der Waals surface area contributed by atoms with Gasteiger partial charge in [-0.15, -0.1) is 0 Å². The normalized spacial score (nSPS) is 16.8. The molecule has 2 unspecified atom stereocenters. The summed E-state index contributed by atoms with van der Waals surface area (Å²) in [5.41, 5.74) is 3.29. The van der Waals surface area contributed by atoms with Crippen molar-refractivity contribution in [3.05, 3.63) is 101 Å². The second-order valence-electron chi connectivity index (χ2n) is 8.42. The number of ether oxygens (including phenoxy) is 1. The second-order valence-corrected chi connectivity index (χ2v) is 8.42. The number of aromatic hydroxyl groups is 6. The minimum Gasteiger partial charge on any atom is -0.508 e. The lowest BCUT2D eigenvalue weighted by atomic mass is 9.82. The Balaban J connectivity index is 1.68. The largest absolute Gasteiger partial charge is 0.508 e. The van der Waals surface area contributed by atoms with E-state index in [1.807, 2.05) is 6.08 Å². The topological polar surface area (TPSA) is 131 Å². The maximum atomic E-state index is 10.4. The summed E-state index contributed by atoms with van der Waals surface area (Å²) in [5, 5.41) is 60.2. The van der Waals surface area contributed by atoms with Crippen LogP contribution in [0.25, 0.3) is 12.2 Å². The van der Waals surface area contributed by atoms with E-state index in [2.05, 4.69) is 0 Å². The Morgan fingerprint density at radius 2 is 1.26 bits per heavy atom. The Kier molecular flexibility index (Phi) is 5.37. The zero-order chi connectivity index (χ0) is 24.7. The van der Waals surface area contributed by atoms with E-state index >= 15 is 0 Å². The van der Waals surface area contributed by atoms with Crippen molar-refractivity contribution in [1.29, 1.82) is 0 Å². The first-order valence-electron chi connectivity index (χ1n) is 10.8. The van der Waals surface area contributed by atoms with Gasteiger partial charge in [-0.05, 0) is 64.7 Å². The number of hydrogen-bond donors (Lipinski definition) is 6. The van der Waals surface area contributed by atoms with Crippen molar-refractivity contribution in [2.24, 2.45) is 0 Å². The fraction of sp³-hybridized carbons (Fsp3) is 0.0714. The number of fused-ring (bicyclic) bond motifs is 1. The number of rotatable bonds is 4. The molecule has 35 heavy (non-hydrogen) atoms. The predicted molar refractivity (Wildman–Crippen MR) is 130 cm³/mol. The molecule has 0 spiro atoms. The molecule has 0 radical (unpaired) electrons. The van der Waals surface area contributed by atoms with Crippen molar-refractivity contribution in [2.45, 2.75) is 12.0 Å². The van der Waals surface area contributed by atoms with Crippen LogP contribution in [-0.4, -0.2) is 30.6 Å². The number of hydrogen-bond acceptors (Lipinski definition) is 7. The van der Waals surface area contributed by atoms with Gasteiger partial charge in [-0.2, -0.15) is 0 Å². The van der Waals surface area contributed by atoms with E-state index in [1.54, 1.807) is 42.5 Å². The van der Waals surface area contributed by atoms with Crippen LogP contribution >= 0.6 is 0 Å². The van der Waals surface area contributed by atoms with Gasteiger partial charge in [-0.3, -0.25) is 0 Å². The van der Waals surface area contributed by atoms with Crippen molar-refractivity contribution < 1.29 is 35.4 Å². The van der Waals surface area contributed by atoms with Crippen molar-refractivity contribution >= 4 is 12.2 Å². The molecule has 0 bridgehead atoms. The molecule has 4 aromatic rings. The van der Waals surface area contributed by atoms with Gasteiger partial charge in [-0.25, -0.2) is 0 Å². The fourth-order valence-corrected chi connectivity index (χ4v) is 4.45. The molecule has 0 saturated heterocycles. The zero-order valence-corrected chi connectivity index (χ0v) is 18.3. The molecular weight excluding hydrogens is 448 g/mol. The third-order valence-electron chi connectivity index (χ3n) is 5.99. The summed E-state index contributed by atoms with van der Waals surface area (Å²) in [4.78, 5) is 0. The lowest BCUT2D eigenvalue weighted by Crippen LogP contribution is -2.12. The van der Waals surface area contributed by atoms with Gasteiger partial charge >= 0.3 is 0 Å². The summed E-state index contributed by atoms with van der Waals surface area (Å²) in [5.74, 6) is -0.826. The van der Waals surface area contributed by atoms with E-state index < -0.39 is 12.0 Å². The van der Waals surface area contributed by atoms with E-state index in [1.165, 1.54) is 36.4 Å². The summed E-state index contributed by atoms with van der Waals surface area (Å²) in [6.07, 6.45) is 2.94. The molecule has 0 aromatic heterocycles. The van der Waals surface area contributed by atoms with Gasteiger partial charge in [0, 0.05) is 17.7 Å². The molecule has 0 aliphatic carbocycles. The van der Waals surface area contributed by atoms with Crippen molar-refractivity contribution in [1.82, 2.24) is 0 Å². The van der Waals surface area contributed by atoms with Crippen LogP contribution in [0.1, 0.15) is 39.8 Å². The highest BCUT2D eigenvalue weighted by molar-refractivity contribution is 5.75. The molecule has 6 N–H and O–H groups in total. The third-order valence-corrected chi connectivity index (χ3v) is 5.99. The van der Waals surface area contributed by atoms with E-state index in [0.717, 1.165) is 5.56 Å². The average molecular weight is 470 g/mol. The molecule has 1 aliphatic heterocycles. The van der Waals surface area contributed by atoms with Crippen LogP contribution < -0.4 is 4.74 Å². The van der Waals surface area contributed by atoms with Crippen LogP contribution in [0.4, 0.5) is 0 Å². The first-order chi connectivity index (χ1) is 16.8. The van der Waals surface area contributed by atoms with Gasteiger partial charge in [0.25, 0.3) is 0 Å². The monoisotopic (exact) mass is 470 g/mol. The number of benzene rings is 4. The minimum absolute atomic E-state index is 0.0131. The maximum absolute atomic E-state index is 10.4.